The molecule has 2 atom stereocenters. The summed E-state index contributed by atoms with van der Waals surface area (Å²) < 4.78 is 49.1. The van der Waals surface area contributed by atoms with Crippen molar-refractivity contribution in [3.05, 3.63) is 22.6 Å². The maximum absolute atomic E-state index is 13.3. The molecule has 0 bridgehead atoms. The van der Waals surface area contributed by atoms with Crippen molar-refractivity contribution in [1.29, 1.82) is 0 Å². The molecule has 14 nitrogen and oxygen atoms in total. The highest BCUT2D eigenvalue weighted by Crippen LogP contribution is 2.52. The number of nitrogens with one attached hydrogen (secondary N) is 1. The number of aliphatic imine (C=N–C) groups is 1. The summed E-state index contributed by atoms with van der Waals surface area (Å²) in [7, 11) is -1.14. The number of halogens is 1. The minimum Gasteiger partial charge on any atom is -0.467 e. The molecule has 2 unspecified atom stereocenters. The third-order valence-corrected chi connectivity index (χ3v) is 7.06. The molecular formula is C23H34BrN2O12P. The largest absolute Gasteiger partial charge is 0.467 e. The Morgan fingerprint density at radius 1 is 1.05 bits per heavy atom. The van der Waals surface area contributed by atoms with Crippen LogP contribution < -0.4 is 5.32 Å². The molecule has 1 aromatic rings. The number of methoxy groups -OCH3 is 2. The molecule has 0 aliphatic carbocycles. The van der Waals surface area contributed by atoms with Crippen LogP contribution in [0.4, 0.5) is 9.59 Å². The minimum atomic E-state index is -4.33. The zero-order valence-corrected chi connectivity index (χ0v) is 25.5. The number of carbonyl (C=O) groups is 4. The molecule has 39 heavy (non-hydrogen) atoms. The molecule has 220 valence electrons. The fourth-order valence-electron chi connectivity index (χ4n) is 2.76. The number of hydrogen-bond donors (Lipinski definition) is 1. The Morgan fingerprint density at radius 2 is 1.69 bits per heavy atom. The number of alkyl carbamates (subject to hydrolysis) is 1. The van der Waals surface area contributed by atoms with E-state index < -0.39 is 48.7 Å². The number of nitrogens with zero attached hydrogens (tertiary/aromatic N) is 1. The van der Waals surface area contributed by atoms with Crippen LogP contribution in [0, 0.1) is 0 Å². The molecule has 0 fully saturated rings. The predicted octanol–water partition coefficient (Wildman–Crippen LogP) is 4.38. The van der Waals surface area contributed by atoms with E-state index in [1.54, 1.807) is 32.9 Å². The average molecular weight is 641 g/mol. The van der Waals surface area contributed by atoms with E-state index in [-0.39, 0.29) is 25.2 Å². The van der Waals surface area contributed by atoms with Gasteiger partial charge in [0.25, 0.3) is 0 Å². The van der Waals surface area contributed by atoms with Gasteiger partial charge >= 0.3 is 31.7 Å². The lowest BCUT2D eigenvalue weighted by molar-refractivity contribution is -0.141. The molecule has 16 heteroatoms. The van der Waals surface area contributed by atoms with Gasteiger partial charge in [-0.1, -0.05) is 0 Å². The zero-order chi connectivity index (χ0) is 30.0. The fraction of sp³-hybridized carbons (Fsp3) is 0.609. The van der Waals surface area contributed by atoms with Crippen molar-refractivity contribution < 1.29 is 56.2 Å². The molecular weight excluding hydrogens is 607 g/mol. The number of furan rings is 1. The Hall–Kier alpha value is -2.74. The van der Waals surface area contributed by atoms with E-state index in [9.17, 15) is 23.7 Å². The summed E-state index contributed by atoms with van der Waals surface area (Å²) in [6.07, 6.45) is -2.33. The summed E-state index contributed by atoms with van der Waals surface area (Å²) in [4.78, 5) is 52.7. The van der Waals surface area contributed by atoms with Gasteiger partial charge in [-0.05, 0) is 62.7 Å². The fourth-order valence-corrected chi connectivity index (χ4v) is 4.53. The molecule has 0 saturated heterocycles. The lowest BCUT2D eigenvalue weighted by atomic mass is 10.1. The van der Waals surface area contributed by atoms with Crippen LogP contribution in [-0.4, -0.2) is 74.8 Å². The number of amides is 2. The van der Waals surface area contributed by atoms with Gasteiger partial charge in [-0.15, -0.1) is 0 Å². The topological polar surface area (TPSA) is 178 Å². The van der Waals surface area contributed by atoms with Crippen LogP contribution in [0.5, 0.6) is 0 Å². The van der Waals surface area contributed by atoms with Gasteiger partial charge in [0.15, 0.2) is 4.67 Å². The Labute approximate surface area is 234 Å². The summed E-state index contributed by atoms with van der Waals surface area (Å²) >= 11 is 3.15. The van der Waals surface area contributed by atoms with Crippen LogP contribution in [0.1, 0.15) is 46.8 Å². The first-order valence-corrected chi connectivity index (χ1v) is 13.9. The van der Waals surface area contributed by atoms with Crippen molar-refractivity contribution >= 4 is 53.4 Å². The van der Waals surface area contributed by atoms with Crippen LogP contribution in [0.15, 0.2) is 26.2 Å². The second kappa shape index (κ2) is 14.6. The molecule has 1 aromatic heterocycles. The van der Waals surface area contributed by atoms with E-state index in [2.05, 4.69) is 35.7 Å². The molecule has 0 aliphatic rings. The summed E-state index contributed by atoms with van der Waals surface area (Å²) in [5.41, 5.74) is -2.40. The van der Waals surface area contributed by atoms with Crippen molar-refractivity contribution in [1.82, 2.24) is 5.32 Å². The van der Waals surface area contributed by atoms with Gasteiger partial charge in [-0.25, -0.2) is 19.2 Å². The number of ether oxygens (including phenoxy) is 4. The first-order valence-electron chi connectivity index (χ1n) is 11.5. The quantitative estimate of drug-likeness (QED) is 0.148. The molecule has 0 aliphatic heterocycles. The maximum atomic E-state index is 13.3. The predicted molar refractivity (Wildman–Crippen MR) is 140 cm³/mol. The van der Waals surface area contributed by atoms with Crippen LogP contribution in [0.25, 0.3) is 0 Å². The molecule has 2 amide bonds. The highest BCUT2D eigenvalue weighted by molar-refractivity contribution is 9.10. The smallest absolute Gasteiger partial charge is 0.434 e. The van der Waals surface area contributed by atoms with Crippen molar-refractivity contribution in [3.63, 3.8) is 0 Å². The van der Waals surface area contributed by atoms with E-state index in [0.29, 0.717) is 10.4 Å². The van der Waals surface area contributed by atoms with Gasteiger partial charge in [0.2, 0.25) is 5.78 Å². The highest BCUT2D eigenvalue weighted by Gasteiger charge is 2.44. The first kappa shape index (κ1) is 34.3. The molecule has 0 saturated carbocycles. The zero-order valence-electron chi connectivity index (χ0n) is 23.0. The number of hydrogen-bond acceptors (Lipinski definition) is 12. The van der Waals surface area contributed by atoms with Gasteiger partial charge in [-0.2, -0.15) is 4.99 Å². The van der Waals surface area contributed by atoms with E-state index in [4.69, 9.17) is 22.9 Å². The standard InChI is InChI=1S/C23H34BrN2O12P/c1-22(2,3)37-21(30)26-17(19(28)33-7)39(31,34-8)35-12-11-23(4,5)38-20(29)25-15(18(27)32-6)13-14-9-10-16(24)36-14/h9-10,17H,11-13H2,1-8H3,(H,26,30). The summed E-state index contributed by atoms with van der Waals surface area (Å²) in [5, 5.41) is 2.15. The van der Waals surface area contributed by atoms with Gasteiger partial charge in [-0.3, -0.25) is 9.88 Å². The van der Waals surface area contributed by atoms with Gasteiger partial charge in [0, 0.05) is 13.5 Å². The third-order valence-electron chi connectivity index (χ3n) is 4.61. The van der Waals surface area contributed by atoms with Gasteiger partial charge in [0.1, 0.15) is 22.7 Å². The Kier molecular flexibility index (Phi) is 12.8. The molecule has 1 N–H and O–H groups in total. The number of rotatable bonds is 12. The lowest BCUT2D eigenvalue weighted by Crippen LogP contribution is -2.44. The van der Waals surface area contributed by atoms with Crippen molar-refractivity contribution in [2.24, 2.45) is 4.99 Å². The summed E-state index contributed by atoms with van der Waals surface area (Å²) in [6.45, 7) is 7.49. The van der Waals surface area contributed by atoms with Crippen LogP contribution in [0.2, 0.25) is 0 Å². The van der Waals surface area contributed by atoms with E-state index in [1.165, 1.54) is 13.8 Å². The van der Waals surface area contributed by atoms with E-state index in [1.807, 2.05) is 0 Å². The molecule has 0 aromatic carbocycles. The second-order valence-corrected chi connectivity index (χ2v) is 12.4. The average Bonchev–Trinajstić information content (AvgIpc) is 3.23. The molecule has 0 spiro atoms. The summed E-state index contributed by atoms with van der Waals surface area (Å²) in [5.74, 6) is -3.43. The van der Waals surface area contributed by atoms with Crippen molar-refractivity contribution in [3.8, 4) is 0 Å². The van der Waals surface area contributed by atoms with E-state index >= 15 is 0 Å². The Balaban J connectivity index is 2.92. The summed E-state index contributed by atoms with van der Waals surface area (Å²) in [6, 6.07) is 3.20. The number of carbonyl (C=O) groups excluding carboxylic acids is 4. The van der Waals surface area contributed by atoms with Gasteiger partial charge < -0.3 is 32.4 Å². The maximum Gasteiger partial charge on any atom is 0.434 e. The van der Waals surface area contributed by atoms with Crippen molar-refractivity contribution in [2.45, 2.75) is 64.4 Å². The molecule has 0 radical (unpaired) electrons. The van der Waals surface area contributed by atoms with Crippen LogP contribution in [0.3, 0.4) is 0 Å². The highest BCUT2D eigenvalue weighted by atomic mass is 79.9. The molecule has 1 heterocycles. The monoisotopic (exact) mass is 640 g/mol. The van der Waals surface area contributed by atoms with E-state index in [0.717, 1.165) is 21.3 Å². The number of esters is 2. The minimum absolute atomic E-state index is 0.0549. The van der Waals surface area contributed by atoms with Gasteiger partial charge in [0.05, 0.1) is 27.2 Å². The Bertz CT molecular complexity index is 1110. The van der Waals surface area contributed by atoms with Crippen molar-refractivity contribution in [2.75, 3.05) is 27.9 Å². The third kappa shape index (κ3) is 11.9. The second-order valence-electron chi connectivity index (χ2n) is 9.44. The molecule has 1 rings (SSSR count). The first-order chi connectivity index (χ1) is 17.9. The SMILES string of the molecule is COC(=O)C(Cc1ccc(Br)o1)=NC(=O)OC(C)(C)CCOP(=O)(OC)C(NC(=O)OC(C)(C)C)C(=O)OC. The lowest BCUT2D eigenvalue weighted by Gasteiger charge is -2.28. The normalized spacial score (nSPS) is 14.5. The Morgan fingerprint density at radius 3 is 2.18 bits per heavy atom. The van der Waals surface area contributed by atoms with Crippen LogP contribution >= 0.6 is 23.5 Å². The van der Waals surface area contributed by atoms with Crippen LogP contribution in [-0.2, 0) is 48.6 Å².